The first-order valence-corrected chi connectivity index (χ1v) is 9.88. The molecule has 0 radical (unpaired) electrons. The number of benzene rings is 1. The van der Waals surface area contributed by atoms with Crippen molar-refractivity contribution in [2.24, 2.45) is 11.8 Å². The lowest BCUT2D eigenvalue weighted by atomic mass is 9.68. The van der Waals surface area contributed by atoms with E-state index in [1.165, 1.54) is 0 Å². The minimum atomic E-state index is -4.60. The van der Waals surface area contributed by atoms with E-state index in [0.29, 0.717) is 51.4 Å². The predicted octanol–water partition coefficient (Wildman–Crippen LogP) is 3.35. The monoisotopic (exact) mass is 430 g/mol. The molecule has 1 saturated carbocycles. The van der Waals surface area contributed by atoms with Crippen LogP contribution in [0.2, 0.25) is 0 Å². The molecule has 3 aliphatic rings. The van der Waals surface area contributed by atoms with Crippen LogP contribution in [0.3, 0.4) is 0 Å². The SMILES string of the molecule is O=C1N[C@]2(CO1)C[C@@H](C(=O)N1CCC(COc3ccc(C(F)(F)F)cc3F)CC1)C2. The Morgan fingerprint density at radius 2 is 1.97 bits per heavy atom. The van der Waals surface area contributed by atoms with Crippen molar-refractivity contribution in [1.82, 2.24) is 10.2 Å². The van der Waals surface area contributed by atoms with Crippen molar-refractivity contribution in [3.8, 4) is 5.75 Å². The van der Waals surface area contributed by atoms with E-state index < -0.39 is 29.2 Å². The Kier molecular flexibility index (Phi) is 5.27. The second kappa shape index (κ2) is 7.63. The first-order chi connectivity index (χ1) is 14.2. The number of carbonyl (C=O) groups excluding carboxylic acids is 2. The lowest BCUT2D eigenvalue weighted by Gasteiger charge is -2.44. The number of rotatable bonds is 4. The normalized spacial score (nSPS) is 26.9. The van der Waals surface area contributed by atoms with Crippen molar-refractivity contribution >= 4 is 12.0 Å². The molecule has 1 N–H and O–H groups in total. The third kappa shape index (κ3) is 4.17. The van der Waals surface area contributed by atoms with Crippen LogP contribution in [0.5, 0.6) is 5.75 Å². The molecule has 0 aromatic heterocycles. The van der Waals surface area contributed by atoms with Gasteiger partial charge in [0.2, 0.25) is 5.91 Å². The maximum absolute atomic E-state index is 13.9. The molecule has 1 spiro atoms. The summed E-state index contributed by atoms with van der Waals surface area (Å²) in [6.07, 6.45) is -2.54. The van der Waals surface area contributed by atoms with Crippen molar-refractivity contribution < 1.29 is 36.6 Å². The van der Waals surface area contributed by atoms with Gasteiger partial charge in [-0.3, -0.25) is 4.79 Å². The Morgan fingerprint density at radius 1 is 1.27 bits per heavy atom. The minimum absolute atomic E-state index is 0.0647. The van der Waals surface area contributed by atoms with Crippen molar-refractivity contribution in [3.05, 3.63) is 29.6 Å². The zero-order chi connectivity index (χ0) is 21.5. The van der Waals surface area contributed by atoms with E-state index in [1.54, 1.807) is 4.90 Å². The molecule has 30 heavy (non-hydrogen) atoms. The summed E-state index contributed by atoms with van der Waals surface area (Å²) in [5.41, 5.74) is -1.45. The lowest BCUT2D eigenvalue weighted by molar-refractivity contribution is -0.142. The predicted molar refractivity (Wildman–Crippen MR) is 96.1 cm³/mol. The zero-order valence-corrected chi connectivity index (χ0v) is 16.1. The largest absolute Gasteiger partial charge is 0.490 e. The van der Waals surface area contributed by atoms with E-state index in [-0.39, 0.29) is 30.1 Å². The summed E-state index contributed by atoms with van der Waals surface area (Å²) < 4.78 is 62.0. The Morgan fingerprint density at radius 3 is 2.53 bits per heavy atom. The molecule has 10 heteroatoms. The Bertz CT molecular complexity index is 831. The van der Waals surface area contributed by atoms with Gasteiger partial charge >= 0.3 is 12.3 Å². The molecule has 2 aliphatic heterocycles. The fraction of sp³-hybridized carbons (Fsp3) is 0.600. The Balaban J connectivity index is 1.22. The second-order valence-corrected chi connectivity index (χ2v) is 8.31. The highest BCUT2D eigenvalue weighted by molar-refractivity contribution is 5.81. The van der Waals surface area contributed by atoms with Crippen LogP contribution in [0.1, 0.15) is 31.2 Å². The van der Waals surface area contributed by atoms with Crippen LogP contribution >= 0.6 is 0 Å². The summed E-state index contributed by atoms with van der Waals surface area (Å²) in [6, 6.07) is 2.22. The summed E-state index contributed by atoms with van der Waals surface area (Å²) in [7, 11) is 0. The molecule has 6 nitrogen and oxygen atoms in total. The molecule has 1 aromatic carbocycles. The van der Waals surface area contributed by atoms with Gasteiger partial charge in [-0.25, -0.2) is 9.18 Å². The van der Waals surface area contributed by atoms with Gasteiger partial charge in [-0.2, -0.15) is 13.2 Å². The van der Waals surface area contributed by atoms with Gasteiger partial charge in [-0.1, -0.05) is 0 Å². The average Bonchev–Trinajstić information content (AvgIpc) is 3.07. The van der Waals surface area contributed by atoms with Crippen molar-refractivity contribution in [3.63, 3.8) is 0 Å². The Hall–Kier alpha value is -2.52. The summed E-state index contributed by atoms with van der Waals surface area (Å²) >= 11 is 0. The quantitative estimate of drug-likeness (QED) is 0.744. The van der Waals surface area contributed by atoms with Crippen molar-refractivity contribution in [1.29, 1.82) is 0 Å². The van der Waals surface area contributed by atoms with E-state index in [2.05, 4.69) is 5.32 Å². The standard InChI is InChI=1S/C20H22F4N2O4/c21-15-7-14(20(22,23)24)1-2-16(15)29-10-12-3-5-26(6-4-12)17(27)13-8-19(9-13)11-30-18(28)25-19/h1-2,7,12-13H,3-6,8-11H2,(H,25,28)/t13-,19-. The van der Waals surface area contributed by atoms with Crippen LogP contribution in [0, 0.1) is 17.7 Å². The maximum Gasteiger partial charge on any atom is 0.416 e. The van der Waals surface area contributed by atoms with E-state index in [4.69, 9.17) is 9.47 Å². The smallest absolute Gasteiger partial charge is 0.416 e. The van der Waals surface area contributed by atoms with E-state index >= 15 is 0 Å². The number of halogens is 4. The third-order valence-electron chi connectivity index (χ3n) is 6.13. The van der Waals surface area contributed by atoms with E-state index in [0.717, 1.165) is 12.1 Å². The molecule has 0 unspecified atom stereocenters. The number of hydrogen-bond acceptors (Lipinski definition) is 4. The summed E-state index contributed by atoms with van der Waals surface area (Å²) in [6.45, 7) is 1.58. The molecule has 164 valence electrons. The van der Waals surface area contributed by atoms with E-state index in [1.807, 2.05) is 0 Å². The number of carbonyl (C=O) groups is 2. The average molecular weight is 430 g/mol. The van der Waals surface area contributed by atoms with Gasteiger partial charge in [0.1, 0.15) is 6.61 Å². The van der Waals surface area contributed by atoms with E-state index in [9.17, 15) is 27.2 Å². The summed E-state index contributed by atoms with van der Waals surface area (Å²) in [5, 5.41) is 2.77. The van der Waals surface area contributed by atoms with Gasteiger partial charge in [0, 0.05) is 19.0 Å². The molecule has 0 bridgehead atoms. The van der Waals surface area contributed by atoms with Crippen molar-refractivity contribution in [2.75, 3.05) is 26.3 Å². The molecule has 1 aliphatic carbocycles. The van der Waals surface area contributed by atoms with Gasteiger partial charge < -0.3 is 19.7 Å². The third-order valence-corrected chi connectivity index (χ3v) is 6.13. The highest BCUT2D eigenvalue weighted by Gasteiger charge is 2.53. The van der Waals surface area contributed by atoms with Gasteiger partial charge in [0.25, 0.3) is 0 Å². The van der Waals surface area contributed by atoms with Crippen LogP contribution in [0.15, 0.2) is 18.2 Å². The molecule has 2 saturated heterocycles. The number of amides is 2. The number of ether oxygens (including phenoxy) is 2. The minimum Gasteiger partial charge on any atom is -0.490 e. The molecule has 0 atom stereocenters. The molecule has 2 heterocycles. The summed E-state index contributed by atoms with van der Waals surface area (Å²) in [4.78, 5) is 25.6. The van der Waals surface area contributed by atoms with Crippen LogP contribution in [-0.2, 0) is 15.7 Å². The summed E-state index contributed by atoms with van der Waals surface area (Å²) in [5.74, 6) is -1.22. The van der Waals surface area contributed by atoms with Crippen LogP contribution in [0.25, 0.3) is 0 Å². The number of nitrogens with zero attached hydrogens (tertiary/aromatic N) is 1. The molecular weight excluding hydrogens is 408 g/mol. The maximum atomic E-state index is 13.9. The topological polar surface area (TPSA) is 67.9 Å². The Labute approximate surface area is 170 Å². The molecule has 4 rings (SSSR count). The van der Waals surface area contributed by atoms with Gasteiger partial charge in [0.05, 0.1) is 17.7 Å². The second-order valence-electron chi connectivity index (χ2n) is 8.31. The number of piperidine rings is 1. The van der Waals surface area contributed by atoms with Crippen LogP contribution in [-0.4, -0.2) is 48.7 Å². The van der Waals surface area contributed by atoms with Gasteiger partial charge in [0.15, 0.2) is 11.6 Å². The first kappa shape index (κ1) is 20.7. The fourth-order valence-electron chi connectivity index (χ4n) is 4.35. The molecule has 2 amide bonds. The van der Waals surface area contributed by atoms with Crippen LogP contribution in [0.4, 0.5) is 22.4 Å². The number of hydrogen-bond donors (Lipinski definition) is 1. The highest BCUT2D eigenvalue weighted by atomic mass is 19.4. The molecule has 3 fully saturated rings. The van der Waals surface area contributed by atoms with Gasteiger partial charge in [-0.15, -0.1) is 0 Å². The molecular formula is C20H22F4N2O4. The first-order valence-electron chi connectivity index (χ1n) is 9.88. The number of alkyl halides is 3. The molecule has 1 aromatic rings. The number of nitrogens with one attached hydrogen (secondary N) is 1. The number of alkyl carbamates (subject to hydrolysis) is 1. The highest BCUT2D eigenvalue weighted by Crippen LogP contribution is 2.42. The van der Waals surface area contributed by atoms with Gasteiger partial charge in [-0.05, 0) is 49.8 Å². The number of cyclic esters (lactones) is 1. The number of likely N-dealkylation sites (tertiary alicyclic amines) is 1. The zero-order valence-electron chi connectivity index (χ0n) is 16.1. The van der Waals surface area contributed by atoms with Crippen molar-refractivity contribution in [2.45, 2.75) is 37.4 Å². The van der Waals surface area contributed by atoms with Crippen LogP contribution < -0.4 is 10.1 Å². The fourth-order valence-corrected chi connectivity index (χ4v) is 4.35. The lowest BCUT2D eigenvalue weighted by Crippen LogP contribution is -2.58.